The van der Waals surface area contributed by atoms with Crippen LogP contribution in [0, 0.1) is 6.92 Å². The van der Waals surface area contributed by atoms with Gasteiger partial charge in [-0.3, -0.25) is 4.79 Å². The first-order chi connectivity index (χ1) is 7.22. The van der Waals surface area contributed by atoms with Crippen molar-refractivity contribution < 1.29 is 9.90 Å². The van der Waals surface area contributed by atoms with Gasteiger partial charge in [0, 0.05) is 13.2 Å². The fourth-order valence-electron chi connectivity index (χ4n) is 1.26. The van der Waals surface area contributed by atoms with E-state index in [9.17, 15) is 4.79 Å². The van der Waals surface area contributed by atoms with Gasteiger partial charge in [-0.25, -0.2) is 0 Å². The molecular weight excluding hydrogens is 190 g/mol. The van der Waals surface area contributed by atoms with Crippen LogP contribution >= 0.6 is 0 Å². The summed E-state index contributed by atoms with van der Waals surface area (Å²) in [6.45, 7) is 2.68. The maximum absolute atomic E-state index is 11.4. The number of hydrogen-bond acceptors (Lipinski definition) is 2. The van der Waals surface area contributed by atoms with Gasteiger partial charge in [-0.1, -0.05) is 29.8 Å². The van der Waals surface area contributed by atoms with Gasteiger partial charge in [0.1, 0.15) is 0 Å². The molecular formula is C12H17NO2. The lowest BCUT2D eigenvalue weighted by Gasteiger charge is -2.04. The van der Waals surface area contributed by atoms with Crippen LogP contribution in [0.2, 0.25) is 0 Å². The monoisotopic (exact) mass is 207 g/mol. The summed E-state index contributed by atoms with van der Waals surface area (Å²) in [5, 5.41) is 11.3. The Morgan fingerprint density at radius 3 is 2.60 bits per heavy atom. The van der Waals surface area contributed by atoms with E-state index in [-0.39, 0.29) is 12.5 Å². The number of nitrogens with one attached hydrogen (secondary N) is 1. The minimum absolute atomic E-state index is 0.00676. The first kappa shape index (κ1) is 11.7. The van der Waals surface area contributed by atoms with E-state index in [2.05, 4.69) is 5.32 Å². The number of aryl methyl sites for hydroxylation is 1. The van der Waals surface area contributed by atoms with Crippen molar-refractivity contribution in [1.82, 2.24) is 5.32 Å². The molecule has 0 heterocycles. The Bertz CT molecular complexity index is 306. The molecule has 15 heavy (non-hydrogen) atoms. The fourth-order valence-corrected chi connectivity index (χ4v) is 1.26. The number of carbonyl (C=O) groups is 1. The molecule has 0 radical (unpaired) electrons. The standard InChI is InChI=1S/C12H17NO2/c1-10-3-5-11(6-4-10)9-12(15)13-7-2-8-14/h3-6,14H,2,7-9H2,1H3,(H,13,15). The molecule has 0 saturated carbocycles. The van der Waals surface area contributed by atoms with Crippen LogP contribution in [-0.4, -0.2) is 24.2 Å². The highest BCUT2D eigenvalue weighted by Gasteiger charge is 2.01. The number of aliphatic hydroxyl groups excluding tert-OH is 1. The average molecular weight is 207 g/mol. The van der Waals surface area contributed by atoms with Crippen LogP contribution < -0.4 is 5.32 Å². The molecule has 0 fully saturated rings. The molecule has 0 aliphatic rings. The molecule has 0 atom stereocenters. The minimum atomic E-state index is 0.00676. The lowest BCUT2D eigenvalue weighted by Crippen LogP contribution is -2.26. The maximum atomic E-state index is 11.4. The van der Waals surface area contributed by atoms with E-state index in [4.69, 9.17) is 5.11 Å². The molecule has 0 bridgehead atoms. The number of rotatable bonds is 5. The van der Waals surface area contributed by atoms with E-state index in [0.717, 1.165) is 5.56 Å². The first-order valence-electron chi connectivity index (χ1n) is 5.15. The normalized spacial score (nSPS) is 10.0. The lowest BCUT2D eigenvalue weighted by molar-refractivity contribution is -0.120. The molecule has 1 aromatic carbocycles. The zero-order valence-electron chi connectivity index (χ0n) is 8.99. The van der Waals surface area contributed by atoms with Crippen LogP contribution in [0.1, 0.15) is 17.5 Å². The van der Waals surface area contributed by atoms with Gasteiger partial charge >= 0.3 is 0 Å². The zero-order chi connectivity index (χ0) is 11.1. The third-order valence-electron chi connectivity index (χ3n) is 2.14. The predicted octanol–water partition coefficient (Wildman–Crippen LogP) is 1.04. The second kappa shape index (κ2) is 6.19. The third-order valence-corrected chi connectivity index (χ3v) is 2.14. The van der Waals surface area contributed by atoms with Gasteiger partial charge in [0.05, 0.1) is 6.42 Å². The van der Waals surface area contributed by atoms with Gasteiger partial charge < -0.3 is 10.4 Å². The Labute approximate surface area is 90.1 Å². The van der Waals surface area contributed by atoms with Gasteiger partial charge in [0.15, 0.2) is 0 Å². The molecule has 3 nitrogen and oxygen atoms in total. The van der Waals surface area contributed by atoms with Gasteiger partial charge in [-0.05, 0) is 18.9 Å². The molecule has 1 aromatic rings. The van der Waals surface area contributed by atoms with Gasteiger partial charge in [0.25, 0.3) is 0 Å². The molecule has 1 rings (SSSR count). The van der Waals surface area contributed by atoms with Crippen molar-refractivity contribution in [2.75, 3.05) is 13.2 Å². The Morgan fingerprint density at radius 1 is 1.33 bits per heavy atom. The zero-order valence-corrected chi connectivity index (χ0v) is 8.99. The number of amides is 1. The molecule has 1 amide bonds. The Balaban J connectivity index is 2.34. The van der Waals surface area contributed by atoms with Crippen molar-refractivity contribution in [3.63, 3.8) is 0 Å². The van der Waals surface area contributed by atoms with E-state index in [1.54, 1.807) is 0 Å². The van der Waals surface area contributed by atoms with E-state index in [1.165, 1.54) is 5.56 Å². The summed E-state index contributed by atoms with van der Waals surface area (Å²) in [7, 11) is 0. The molecule has 2 N–H and O–H groups in total. The van der Waals surface area contributed by atoms with Gasteiger partial charge in [0.2, 0.25) is 5.91 Å². The summed E-state index contributed by atoms with van der Waals surface area (Å²) in [6, 6.07) is 7.91. The van der Waals surface area contributed by atoms with E-state index in [0.29, 0.717) is 19.4 Å². The largest absolute Gasteiger partial charge is 0.396 e. The second-order valence-electron chi connectivity index (χ2n) is 3.59. The predicted molar refractivity (Wildman–Crippen MR) is 59.6 cm³/mol. The van der Waals surface area contributed by atoms with Crippen molar-refractivity contribution >= 4 is 5.91 Å². The first-order valence-corrected chi connectivity index (χ1v) is 5.15. The van der Waals surface area contributed by atoms with E-state index >= 15 is 0 Å². The van der Waals surface area contributed by atoms with Crippen LogP contribution in [0.25, 0.3) is 0 Å². The topological polar surface area (TPSA) is 49.3 Å². The van der Waals surface area contributed by atoms with Crippen molar-refractivity contribution in [2.45, 2.75) is 19.8 Å². The summed E-state index contributed by atoms with van der Waals surface area (Å²) in [6.07, 6.45) is 1.02. The fraction of sp³-hybridized carbons (Fsp3) is 0.417. The average Bonchev–Trinajstić information content (AvgIpc) is 2.22. The second-order valence-corrected chi connectivity index (χ2v) is 3.59. The summed E-state index contributed by atoms with van der Waals surface area (Å²) in [5.74, 6) is 0.00676. The molecule has 0 aliphatic carbocycles. The van der Waals surface area contributed by atoms with Gasteiger partial charge in [-0.15, -0.1) is 0 Å². The quantitative estimate of drug-likeness (QED) is 0.709. The van der Waals surface area contributed by atoms with E-state index in [1.807, 2.05) is 31.2 Å². The van der Waals surface area contributed by atoms with Gasteiger partial charge in [-0.2, -0.15) is 0 Å². The van der Waals surface area contributed by atoms with Crippen LogP contribution in [0.5, 0.6) is 0 Å². The van der Waals surface area contributed by atoms with E-state index < -0.39 is 0 Å². The highest BCUT2D eigenvalue weighted by Crippen LogP contribution is 2.03. The SMILES string of the molecule is Cc1ccc(CC(=O)NCCCO)cc1. The van der Waals surface area contributed by atoms with Crippen molar-refractivity contribution in [3.8, 4) is 0 Å². The summed E-state index contributed by atoms with van der Waals surface area (Å²) < 4.78 is 0. The molecule has 0 unspecified atom stereocenters. The van der Waals surface area contributed by atoms with Crippen LogP contribution in [0.4, 0.5) is 0 Å². The van der Waals surface area contributed by atoms with Crippen molar-refractivity contribution in [2.24, 2.45) is 0 Å². The Kier molecular flexibility index (Phi) is 4.84. The van der Waals surface area contributed by atoms with Crippen LogP contribution in [0.15, 0.2) is 24.3 Å². The van der Waals surface area contributed by atoms with Crippen molar-refractivity contribution in [1.29, 1.82) is 0 Å². The van der Waals surface area contributed by atoms with Crippen LogP contribution in [0.3, 0.4) is 0 Å². The Hall–Kier alpha value is -1.35. The molecule has 0 spiro atoms. The number of carbonyl (C=O) groups excluding carboxylic acids is 1. The van der Waals surface area contributed by atoms with Crippen LogP contribution in [-0.2, 0) is 11.2 Å². The summed E-state index contributed by atoms with van der Waals surface area (Å²) >= 11 is 0. The molecule has 0 aliphatic heterocycles. The number of benzene rings is 1. The third kappa shape index (κ3) is 4.61. The molecule has 82 valence electrons. The maximum Gasteiger partial charge on any atom is 0.224 e. The highest BCUT2D eigenvalue weighted by atomic mass is 16.3. The highest BCUT2D eigenvalue weighted by molar-refractivity contribution is 5.78. The summed E-state index contributed by atoms with van der Waals surface area (Å²) in [4.78, 5) is 11.4. The number of aliphatic hydroxyl groups is 1. The summed E-state index contributed by atoms with van der Waals surface area (Å²) in [5.41, 5.74) is 2.21. The number of hydrogen-bond donors (Lipinski definition) is 2. The molecule has 0 saturated heterocycles. The smallest absolute Gasteiger partial charge is 0.224 e. The molecule has 0 aromatic heterocycles. The molecule has 3 heteroatoms. The lowest BCUT2D eigenvalue weighted by atomic mass is 10.1. The Morgan fingerprint density at radius 2 is 2.00 bits per heavy atom. The van der Waals surface area contributed by atoms with Crippen molar-refractivity contribution in [3.05, 3.63) is 35.4 Å². The minimum Gasteiger partial charge on any atom is -0.396 e.